The van der Waals surface area contributed by atoms with Gasteiger partial charge in [0.15, 0.2) is 22.1 Å². The second kappa shape index (κ2) is 8.97. The van der Waals surface area contributed by atoms with Crippen molar-refractivity contribution in [1.82, 2.24) is 19.5 Å². The number of fused-ring (bicyclic) bond motifs is 2. The van der Waals surface area contributed by atoms with E-state index in [0.717, 1.165) is 30.8 Å². The third-order valence-electron chi connectivity index (χ3n) is 5.18. The zero-order valence-corrected chi connectivity index (χ0v) is 20.1. The number of aromatic nitrogens is 4. The number of benzene rings is 1. The van der Waals surface area contributed by atoms with Gasteiger partial charge in [0.25, 0.3) is 0 Å². The molecule has 0 saturated heterocycles. The van der Waals surface area contributed by atoms with Gasteiger partial charge in [0.1, 0.15) is 6.33 Å². The number of rotatable bonds is 8. The zero-order chi connectivity index (χ0) is 21.3. The second-order valence-electron chi connectivity index (χ2n) is 7.41. The number of nitrogens with two attached hydrogens (primary N) is 2. The molecular weight excluding hydrogens is 535 g/mol. The number of primary sulfonamides is 1. The molecule has 0 radical (unpaired) electrons. The third-order valence-corrected chi connectivity index (χ3v) is 8.35. The first-order chi connectivity index (χ1) is 14.3. The maximum absolute atomic E-state index is 11.1. The quantitative estimate of drug-likeness (QED) is 0.321. The van der Waals surface area contributed by atoms with Crippen LogP contribution in [0.3, 0.4) is 0 Å². The summed E-state index contributed by atoms with van der Waals surface area (Å²) >= 11 is 4.00. The van der Waals surface area contributed by atoms with Gasteiger partial charge in [-0.15, -0.1) is 0 Å². The van der Waals surface area contributed by atoms with Gasteiger partial charge < -0.3 is 10.3 Å². The van der Waals surface area contributed by atoms with Gasteiger partial charge in [0.05, 0.1) is 5.75 Å². The van der Waals surface area contributed by atoms with Gasteiger partial charge in [0.2, 0.25) is 10.0 Å². The molecule has 2 aromatic heterocycles. The molecule has 30 heavy (non-hydrogen) atoms. The van der Waals surface area contributed by atoms with E-state index >= 15 is 0 Å². The van der Waals surface area contributed by atoms with Crippen LogP contribution in [0.25, 0.3) is 11.2 Å². The highest BCUT2D eigenvalue weighted by Crippen LogP contribution is 2.37. The smallest absolute Gasteiger partial charge is 0.209 e. The molecule has 0 unspecified atom stereocenters. The maximum atomic E-state index is 11.1. The van der Waals surface area contributed by atoms with Crippen LogP contribution in [0.1, 0.15) is 36.8 Å². The summed E-state index contributed by atoms with van der Waals surface area (Å²) in [6.45, 7) is 0.668. The van der Waals surface area contributed by atoms with Gasteiger partial charge in [0, 0.05) is 15.0 Å². The molecule has 0 aliphatic heterocycles. The van der Waals surface area contributed by atoms with Crippen molar-refractivity contribution in [2.75, 3.05) is 11.5 Å². The minimum atomic E-state index is -3.42. The standard InChI is InChI=1S/C19H23IN6O2S2/c20-14-9-12-5-4-6-13(12)10-15(14)29-19-25-16-17(21)23-11-24-18(16)26(19)7-2-1-3-8-30(22,27)28/h9-11H,1-8H2,(H2,21,23,24)(H2,22,27,28). The fourth-order valence-corrected chi connectivity index (χ4v) is 6.16. The molecular formula is C19H23IN6O2S2. The molecule has 0 fully saturated rings. The zero-order valence-electron chi connectivity index (χ0n) is 16.3. The summed E-state index contributed by atoms with van der Waals surface area (Å²) in [7, 11) is -3.42. The van der Waals surface area contributed by atoms with Crippen LogP contribution in [0.15, 0.2) is 28.5 Å². The highest BCUT2D eigenvalue weighted by atomic mass is 127. The lowest BCUT2D eigenvalue weighted by atomic mass is 10.1. The highest BCUT2D eigenvalue weighted by Gasteiger charge is 2.19. The Morgan fingerprint density at radius 3 is 2.67 bits per heavy atom. The second-order valence-corrected chi connectivity index (χ2v) is 11.3. The fraction of sp³-hybridized carbons (Fsp3) is 0.421. The maximum Gasteiger partial charge on any atom is 0.209 e. The van der Waals surface area contributed by atoms with Crippen molar-refractivity contribution < 1.29 is 8.42 Å². The Labute approximate surface area is 193 Å². The Morgan fingerprint density at radius 2 is 1.90 bits per heavy atom. The molecule has 0 saturated carbocycles. The number of hydrogen-bond acceptors (Lipinski definition) is 7. The minimum absolute atomic E-state index is 0.00171. The molecule has 0 bridgehead atoms. The summed E-state index contributed by atoms with van der Waals surface area (Å²) in [5.74, 6) is 0.361. The summed E-state index contributed by atoms with van der Waals surface area (Å²) < 4.78 is 25.5. The molecule has 160 valence electrons. The van der Waals surface area contributed by atoms with E-state index in [-0.39, 0.29) is 5.75 Å². The molecule has 0 amide bonds. The van der Waals surface area contributed by atoms with Crippen molar-refractivity contribution in [1.29, 1.82) is 0 Å². The monoisotopic (exact) mass is 558 g/mol. The third kappa shape index (κ3) is 4.89. The number of unbranched alkanes of at least 4 members (excludes halogenated alkanes) is 2. The Bertz CT molecular complexity index is 1200. The van der Waals surface area contributed by atoms with Crippen LogP contribution >= 0.6 is 34.4 Å². The van der Waals surface area contributed by atoms with Gasteiger partial charge >= 0.3 is 0 Å². The van der Waals surface area contributed by atoms with E-state index in [2.05, 4.69) is 49.3 Å². The van der Waals surface area contributed by atoms with E-state index in [4.69, 9.17) is 15.9 Å². The summed E-state index contributed by atoms with van der Waals surface area (Å²) in [6, 6.07) is 4.55. The number of anilines is 1. The molecule has 3 aromatic rings. The Kier molecular flexibility index (Phi) is 6.51. The fourth-order valence-electron chi connectivity index (χ4n) is 3.71. The summed E-state index contributed by atoms with van der Waals surface area (Å²) in [5, 5.41) is 5.91. The van der Waals surface area contributed by atoms with Gasteiger partial charge in [-0.05, 0) is 78.0 Å². The topological polar surface area (TPSA) is 130 Å². The van der Waals surface area contributed by atoms with Crippen molar-refractivity contribution in [2.45, 2.75) is 55.1 Å². The summed E-state index contributed by atoms with van der Waals surface area (Å²) in [5.41, 5.74) is 10.2. The minimum Gasteiger partial charge on any atom is -0.382 e. The molecule has 4 N–H and O–H groups in total. The molecule has 1 aliphatic rings. The Morgan fingerprint density at radius 1 is 1.13 bits per heavy atom. The van der Waals surface area contributed by atoms with Gasteiger partial charge in [-0.25, -0.2) is 28.5 Å². The highest BCUT2D eigenvalue weighted by molar-refractivity contribution is 14.1. The van der Waals surface area contributed by atoms with E-state index in [1.807, 2.05) is 0 Å². The average molecular weight is 558 g/mol. The van der Waals surface area contributed by atoms with E-state index < -0.39 is 10.0 Å². The van der Waals surface area contributed by atoms with Crippen molar-refractivity contribution in [3.05, 3.63) is 33.2 Å². The first-order valence-electron chi connectivity index (χ1n) is 9.78. The van der Waals surface area contributed by atoms with Crippen LogP contribution in [-0.2, 0) is 29.4 Å². The number of aryl methyl sites for hydroxylation is 3. The predicted molar refractivity (Wildman–Crippen MR) is 127 cm³/mol. The molecule has 8 nitrogen and oxygen atoms in total. The molecule has 0 atom stereocenters. The van der Waals surface area contributed by atoms with Crippen LogP contribution < -0.4 is 10.9 Å². The predicted octanol–water partition coefficient (Wildman–Crippen LogP) is 3.11. The molecule has 0 spiro atoms. The Balaban J connectivity index is 1.59. The first kappa shape index (κ1) is 21.8. The molecule has 11 heteroatoms. The molecule has 4 rings (SSSR count). The first-order valence-corrected chi connectivity index (χ1v) is 13.4. The molecule has 2 heterocycles. The van der Waals surface area contributed by atoms with Gasteiger partial charge in [-0.2, -0.15) is 0 Å². The number of imidazole rings is 1. The molecule has 1 aliphatic carbocycles. The van der Waals surface area contributed by atoms with E-state index in [1.165, 1.54) is 32.3 Å². The number of nitrogen functional groups attached to an aromatic ring is 1. The van der Waals surface area contributed by atoms with Crippen LogP contribution in [0.4, 0.5) is 5.82 Å². The number of halogens is 1. The summed E-state index contributed by atoms with van der Waals surface area (Å²) in [6.07, 6.45) is 7.01. The van der Waals surface area contributed by atoms with Crippen LogP contribution in [0.2, 0.25) is 0 Å². The van der Waals surface area contributed by atoms with Crippen molar-refractivity contribution >= 4 is 61.4 Å². The van der Waals surface area contributed by atoms with Crippen LogP contribution in [0.5, 0.6) is 0 Å². The largest absolute Gasteiger partial charge is 0.382 e. The number of nitrogens with zero attached hydrogens (tertiary/aromatic N) is 4. The van der Waals surface area contributed by atoms with Gasteiger partial charge in [-0.3, -0.25) is 0 Å². The van der Waals surface area contributed by atoms with Crippen molar-refractivity contribution in [3.63, 3.8) is 0 Å². The van der Waals surface area contributed by atoms with Crippen molar-refractivity contribution in [2.24, 2.45) is 5.14 Å². The average Bonchev–Trinajstić information content (AvgIpc) is 3.26. The van der Waals surface area contributed by atoms with Crippen molar-refractivity contribution in [3.8, 4) is 0 Å². The Hall–Kier alpha value is -1.44. The van der Waals surface area contributed by atoms with Crippen LogP contribution in [0, 0.1) is 3.57 Å². The van der Waals surface area contributed by atoms with E-state index in [9.17, 15) is 8.42 Å². The van der Waals surface area contributed by atoms with E-state index in [0.29, 0.717) is 29.9 Å². The number of sulfonamides is 1. The van der Waals surface area contributed by atoms with Gasteiger partial charge in [-0.1, -0.05) is 18.2 Å². The molecule has 1 aromatic carbocycles. The van der Waals surface area contributed by atoms with Crippen LogP contribution in [-0.4, -0.2) is 33.7 Å². The lowest BCUT2D eigenvalue weighted by Gasteiger charge is -2.11. The lowest BCUT2D eigenvalue weighted by molar-refractivity contribution is 0.565. The summed E-state index contributed by atoms with van der Waals surface area (Å²) in [4.78, 5) is 14.4. The van der Waals surface area contributed by atoms with E-state index in [1.54, 1.807) is 11.8 Å². The number of hydrogen-bond donors (Lipinski definition) is 2. The normalized spacial score (nSPS) is 13.8. The SMILES string of the molecule is Nc1ncnc2c1nc(Sc1cc3c(cc1I)CCC3)n2CCCCCS(N)(=O)=O. The lowest BCUT2D eigenvalue weighted by Crippen LogP contribution is -2.16.